The highest BCUT2D eigenvalue weighted by Crippen LogP contribution is 2.59. The number of benzene rings is 1. The molecule has 2 aromatic rings. The summed E-state index contributed by atoms with van der Waals surface area (Å²) in [5.41, 5.74) is -5.30. The van der Waals surface area contributed by atoms with Crippen LogP contribution in [-0.4, -0.2) is 130 Å². The largest absolute Gasteiger partial charge is 0.399 e. The van der Waals surface area contributed by atoms with Crippen LogP contribution in [0.25, 0.3) is 10.1 Å². The zero-order chi connectivity index (χ0) is 35.2. The number of thiophene rings is 1. The maximum Gasteiger partial charge on any atom is 0.399 e. The molecule has 13 nitrogen and oxygen atoms in total. The first-order valence-corrected chi connectivity index (χ1v) is 19.0. The molecule has 49 heavy (non-hydrogen) atoms. The third-order valence-electron chi connectivity index (χ3n) is 10.5. The molecule has 1 aromatic carbocycles. The molecule has 0 saturated carbocycles. The SMILES string of the molecule is COC1CCN(C2CCN(C(=O)[C@@H]3CC[C@@H]4CCN(C(C)=O)C[C@H](NC(=O)c5cc6cc(C(F)(F)P(=O)(O)O)ccc6s5)C(=O)N43)C2)CC1. The van der Waals surface area contributed by atoms with Crippen LogP contribution in [-0.2, 0) is 29.3 Å². The maximum absolute atomic E-state index is 14.4. The Morgan fingerprint density at radius 3 is 2.33 bits per heavy atom. The van der Waals surface area contributed by atoms with Crippen LogP contribution in [0.15, 0.2) is 24.3 Å². The zero-order valence-electron chi connectivity index (χ0n) is 27.4. The molecular formula is C32H42F2N5O8PS. The summed E-state index contributed by atoms with van der Waals surface area (Å²) >= 11 is 0.965. The molecule has 6 rings (SSSR count). The standard InChI is InChI=1S/C32H42F2N5O8PS/c1-19(40)37-11-7-22-4-5-26(31(43)38-12-8-23(17-38)36-13-9-24(47-2)10-14-36)39(22)30(42)25(18-37)35-29(41)28-16-20-15-21(3-6-27(20)49-28)32(33,34)48(44,45)46/h3,6,15-16,22-26H,4-5,7-14,17-18H2,1-2H3,(H,35,41)(H2,44,45,46)/t22-,23?,25+,26+/m1/s1. The van der Waals surface area contributed by atoms with Gasteiger partial charge in [0.15, 0.2) is 0 Å². The van der Waals surface area contributed by atoms with Gasteiger partial charge in [-0.3, -0.25) is 28.6 Å². The Kier molecular flexibility index (Phi) is 10.2. The number of hydrogen-bond acceptors (Lipinski definition) is 8. The van der Waals surface area contributed by atoms with Crippen molar-refractivity contribution in [2.24, 2.45) is 0 Å². The number of amides is 4. The minimum absolute atomic E-state index is 0.0825. The molecule has 0 spiro atoms. The lowest BCUT2D eigenvalue weighted by atomic mass is 10.1. The van der Waals surface area contributed by atoms with Gasteiger partial charge in [-0.05, 0) is 62.1 Å². The number of carbonyl (C=O) groups is 4. The van der Waals surface area contributed by atoms with Crippen molar-refractivity contribution in [3.63, 3.8) is 0 Å². The average molecular weight is 726 g/mol. The van der Waals surface area contributed by atoms with E-state index in [4.69, 9.17) is 14.5 Å². The molecule has 4 aliphatic rings. The van der Waals surface area contributed by atoms with Crippen LogP contribution in [0.5, 0.6) is 0 Å². The third kappa shape index (κ3) is 7.13. The number of ether oxygens (including phenoxy) is 1. The van der Waals surface area contributed by atoms with Crippen molar-refractivity contribution in [2.75, 3.05) is 46.4 Å². The summed E-state index contributed by atoms with van der Waals surface area (Å²) in [5, 5.41) is 2.91. The van der Waals surface area contributed by atoms with E-state index in [1.807, 2.05) is 4.90 Å². The highest BCUT2D eigenvalue weighted by Gasteiger charge is 2.51. The van der Waals surface area contributed by atoms with Crippen molar-refractivity contribution in [1.82, 2.24) is 24.9 Å². The monoisotopic (exact) mass is 725 g/mol. The predicted octanol–water partition coefficient (Wildman–Crippen LogP) is 2.55. The molecule has 3 N–H and O–H groups in total. The fourth-order valence-corrected chi connectivity index (χ4v) is 9.10. The van der Waals surface area contributed by atoms with Crippen molar-refractivity contribution < 1.29 is 47.0 Å². The zero-order valence-corrected chi connectivity index (χ0v) is 29.1. The summed E-state index contributed by atoms with van der Waals surface area (Å²) in [6.45, 7) is 4.65. The van der Waals surface area contributed by atoms with Crippen molar-refractivity contribution >= 4 is 52.6 Å². The Morgan fingerprint density at radius 1 is 0.959 bits per heavy atom. The molecule has 4 fully saturated rings. The molecule has 17 heteroatoms. The van der Waals surface area contributed by atoms with Gasteiger partial charge in [-0.1, -0.05) is 6.07 Å². The average Bonchev–Trinajstić information content (AvgIpc) is 3.82. The highest BCUT2D eigenvalue weighted by molar-refractivity contribution is 7.52. The number of piperidine rings is 1. The second kappa shape index (κ2) is 14.0. The van der Waals surface area contributed by atoms with Crippen molar-refractivity contribution in [3.8, 4) is 0 Å². The lowest BCUT2D eigenvalue weighted by Gasteiger charge is -2.39. The topological polar surface area (TPSA) is 160 Å². The minimum Gasteiger partial charge on any atom is -0.381 e. The number of halogens is 2. The lowest BCUT2D eigenvalue weighted by molar-refractivity contribution is -0.148. The van der Waals surface area contributed by atoms with Gasteiger partial charge >= 0.3 is 13.3 Å². The van der Waals surface area contributed by atoms with E-state index in [1.165, 1.54) is 24.0 Å². The Bertz CT molecular complexity index is 1660. The summed E-state index contributed by atoms with van der Waals surface area (Å²) in [5.74, 6) is -1.50. The fourth-order valence-electron chi connectivity index (χ4n) is 7.68. The van der Waals surface area contributed by atoms with Crippen LogP contribution in [0.1, 0.15) is 60.7 Å². The third-order valence-corrected chi connectivity index (χ3v) is 12.6. The minimum atomic E-state index is -5.79. The summed E-state index contributed by atoms with van der Waals surface area (Å²) < 4.78 is 46.0. The first-order valence-electron chi connectivity index (χ1n) is 16.6. The molecule has 5 heterocycles. The van der Waals surface area contributed by atoms with Crippen LogP contribution in [0.2, 0.25) is 0 Å². The van der Waals surface area contributed by atoms with Gasteiger partial charge in [-0.25, -0.2) is 0 Å². The predicted molar refractivity (Wildman–Crippen MR) is 176 cm³/mol. The number of fused-ring (bicyclic) bond motifs is 2. The number of alkyl halides is 2. The number of hydrogen-bond donors (Lipinski definition) is 3. The second-order valence-corrected chi connectivity index (χ2v) is 16.2. The van der Waals surface area contributed by atoms with E-state index in [2.05, 4.69) is 10.2 Å². The first-order chi connectivity index (χ1) is 23.2. The smallest absolute Gasteiger partial charge is 0.381 e. The molecule has 1 unspecified atom stereocenters. The van der Waals surface area contributed by atoms with Crippen LogP contribution in [0.4, 0.5) is 8.78 Å². The number of methoxy groups -OCH3 is 1. The first kappa shape index (κ1) is 35.8. The summed E-state index contributed by atoms with van der Waals surface area (Å²) in [4.78, 5) is 80.1. The normalized spacial score (nSPS) is 26.2. The van der Waals surface area contributed by atoms with Crippen molar-refractivity contribution in [2.45, 2.75) is 81.4 Å². The van der Waals surface area contributed by atoms with Gasteiger partial charge in [-0.2, -0.15) is 8.78 Å². The van der Waals surface area contributed by atoms with E-state index in [9.17, 15) is 32.5 Å². The molecule has 1 aromatic heterocycles. The van der Waals surface area contributed by atoms with Gasteiger partial charge < -0.3 is 34.5 Å². The van der Waals surface area contributed by atoms with E-state index < -0.39 is 42.7 Å². The molecule has 0 radical (unpaired) electrons. The summed E-state index contributed by atoms with van der Waals surface area (Å²) in [6.07, 6.45) is 4.59. The molecule has 4 saturated heterocycles. The van der Waals surface area contributed by atoms with Gasteiger partial charge in [0, 0.05) is 75.6 Å². The number of nitrogens with one attached hydrogen (secondary N) is 1. The molecule has 268 valence electrons. The molecule has 4 amide bonds. The Hall–Kier alpha value is -3.01. The van der Waals surface area contributed by atoms with Crippen molar-refractivity contribution in [3.05, 3.63) is 34.7 Å². The summed E-state index contributed by atoms with van der Waals surface area (Å²) in [6, 6.07) is 2.51. The van der Waals surface area contributed by atoms with Crippen LogP contribution < -0.4 is 5.32 Å². The molecule has 4 aliphatic heterocycles. The van der Waals surface area contributed by atoms with Crippen molar-refractivity contribution in [1.29, 1.82) is 0 Å². The fraction of sp³-hybridized carbons (Fsp3) is 0.625. The molecular weight excluding hydrogens is 683 g/mol. The van der Waals surface area contributed by atoms with Gasteiger partial charge in [0.25, 0.3) is 5.91 Å². The van der Waals surface area contributed by atoms with E-state index >= 15 is 0 Å². The van der Waals surface area contributed by atoms with E-state index in [0.717, 1.165) is 55.8 Å². The van der Waals surface area contributed by atoms with Crippen LogP contribution in [0, 0.1) is 0 Å². The molecule has 4 atom stereocenters. The molecule has 0 bridgehead atoms. The molecule has 0 aliphatic carbocycles. The Balaban J connectivity index is 1.19. The van der Waals surface area contributed by atoms with Crippen LogP contribution in [0.3, 0.4) is 0 Å². The Morgan fingerprint density at radius 2 is 1.65 bits per heavy atom. The van der Waals surface area contributed by atoms with Crippen LogP contribution >= 0.6 is 18.9 Å². The quantitative estimate of drug-likeness (QED) is 0.365. The van der Waals surface area contributed by atoms with Gasteiger partial charge in [0.05, 0.1) is 11.0 Å². The number of rotatable bonds is 7. The van der Waals surface area contributed by atoms with E-state index in [-0.39, 0.29) is 46.8 Å². The van der Waals surface area contributed by atoms with E-state index in [1.54, 1.807) is 12.0 Å². The van der Waals surface area contributed by atoms with E-state index in [0.29, 0.717) is 43.6 Å². The number of likely N-dealkylation sites (tertiary alicyclic amines) is 2. The van der Waals surface area contributed by atoms with Gasteiger partial charge in [-0.15, -0.1) is 11.3 Å². The second-order valence-electron chi connectivity index (χ2n) is 13.4. The number of nitrogens with zero attached hydrogens (tertiary/aromatic N) is 4. The van der Waals surface area contributed by atoms with Gasteiger partial charge in [0.2, 0.25) is 17.7 Å². The number of carbonyl (C=O) groups excluding carboxylic acids is 4. The lowest BCUT2D eigenvalue weighted by Crippen LogP contribution is -2.61. The maximum atomic E-state index is 14.4. The highest BCUT2D eigenvalue weighted by atomic mass is 32.1. The summed E-state index contributed by atoms with van der Waals surface area (Å²) in [7, 11) is -4.06. The van der Waals surface area contributed by atoms with Gasteiger partial charge in [0.1, 0.15) is 12.1 Å². The Labute approximate surface area is 286 Å².